The van der Waals surface area contributed by atoms with Crippen molar-refractivity contribution in [2.24, 2.45) is 5.41 Å². The van der Waals surface area contributed by atoms with E-state index in [1.165, 1.54) is 36.6 Å². The summed E-state index contributed by atoms with van der Waals surface area (Å²) in [7, 11) is 0. The fourth-order valence-electron chi connectivity index (χ4n) is 2.27. The Labute approximate surface area is 89.8 Å². The zero-order chi connectivity index (χ0) is 10.0. The van der Waals surface area contributed by atoms with Crippen LogP contribution in [0.25, 0.3) is 0 Å². The van der Waals surface area contributed by atoms with Crippen LogP contribution < -0.4 is 5.32 Å². The molecule has 1 aliphatic rings. The van der Waals surface area contributed by atoms with E-state index in [1.54, 1.807) is 11.3 Å². The molecule has 1 aromatic rings. The van der Waals surface area contributed by atoms with E-state index in [-0.39, 0.29) is 0 Å². The van der Waals surface area contributed by atoms with Crippen molar-refractivity contribution in [1.82, 2.24) is 10.3 Å². The Hall–Kier alpha value is -0.410. The second-order valence-electron chi connectivity index (χ2n) is 4.39. The molecule has 3 heteroatoms. The van der Waals surface area contributed by atoms with E-state index in [0.717, 1.165) is 6.42 Å². The molecule has 0 bridgehead atoms. The molecule has 2 heterocycles. The summed E-state index contributed by atoms with van der Waals surface area (Å²) < 4.78 is 0. The number of aryl methyl sites for hydroxylation is 1. The molecule has 0 radical (unpaired) electrons. The van der Waals surface area contributed by atoms with Crippen molar-refractivity contribution in [3.8, 4) is 0 Å². The van der Waals surface area contributed by atoms with Crippen LogP contribution in [0.15, 0.2) is 5.38 Å². The highest BCUT2D eigenvalue weighted by atomic mass is 32.1. The van der Waals surface area contributed by atoms with Gasteiger partial charge in [-0.05, 0) is 19.8 Å². The minimum absolute atomic E-state index is 0.523. The van der Waals surface area contributed by atoms with Gasteiger partial charge in [-0.15, -0.1) is 11.3 Å². The zero-order valence-corrected chi connectivity index (χ0v) is 9.78. The molecule has 1 aromatic heterocycles. The molecule has 0 atom stereocenters. The van der Waals surface area contributed by atoms with Gasteiger partial charge in [0.25, 0.3) is 0 Å². The number of nitrogens with one attached hydrogen (secondary N) is 1. The summed E-state index contributed by atoms with van der Waals surface area (Å²) in [5, 5.41) is 6.80. The Morgan fingerprint density at radius 2 is 2.36 bits per heavy atom. The molecule has 2 nitrogen and oxygen atoms in total. The largest absolute Gasteiger partial charge is 0.316 e. The van der Waals surface area contributed by atoms with Crippen LogP contribution in [-0.2, 0) is 6.42 Å². The highest BCUT2D eigenvalue weighted by Gasteiger charge is 2.36. The molecule has 1 N–H and O–H groups in total. The normalized spacial score (nSPS) is 19.3. The Balaban J connectivity index is 2.01. The Morgan fingerprint density at radius 1 is 1.57 bits per heavy atom. The summed E-state index contributed by atoms with van der Waals surface area (Å²) in [4.78, 5) is 4.55. The molecule has 2 rings (SSSR count). The van der Waals surface area contributed by atoms with E-state index in [9.17, 15) is 0 Å². The summed E-state index contributed by atoms with van der Waals surface area (Å²) in [6.45, 7) is 6.71. The second kappa shape index (κ2) is 3.99. The lowest BCUT2D eigenvalue weighted by molar-refractivity contribution is 0.149. The predicted octanol–water partition coefficient (Wildman–Crippen LogP) is 2.38. The average molecular weight is 210 g/mol. The molecule has 0 aromatic carbocycles. The van der Waals surface area contributed by atoms with E-state index in [0.29, 0.717) is 5.41 Å². The highest BCUT2D eigenvalue weighted by Crippen LogP contribution is 2.32. The van der Waals surface area contributed by atoms with E-state index in [1.807, 2.05) is 0 Å². The van der Waals surface area contributed by atoms with Gasteiger partial charge in [0.1, 0.15) is 0 Å². The molecule has 0 aliphatic carbocycles. The zero-order valence-electron chi connectivity index (χ0n) is 8.97. The van der Waals surface area contributed by atoms with Gasteiger partial charge in [-0.3, -0.25) is 0 Å². The SMILES string of the molecule is CCCC1(Cc2csc(C)n2)CNC1. The third-order valence-corrected chi connectivity index (χ3v) is 3.83. The van der Waals surface area contributed by atoms with Crippen LogP contribution in [-0.4, -0.2) is 18.1 Å². The first kappa shape index (κ1) is 10.1. The molecule has 0 saturated carbocycles. The summed E-state index contributed by atoms with van der Waals surface area (Å²) in [6, 6.07) is 0. The first-order valence-corrected chi connectivity index (χ1v) is 6.24. The van der Waals surface area contributed by atoms with E-state index >= 15 is 0 Å². The Morgan fingerprint density at radius 3 is 2.79 bits per heavy atom. The van der Waals surface area contributed by atoms with Crippen molar-refractivity contribution in [3.63, 3.8) is 0 Å². The van der Waals surface area contributed by atoms with Crippen LogP contribution in [0.2, 0.25) is 0 Å². The van der Waals surface area contributed by atoms with Crippen LogP contribution in [0.3, 0.4) is 0 Å². The molecule has 0 amide bonds. The van der Waals surface area contributed by atoms with Crippen molar-refractivity contribution < 1.29 is 0 Å². The van der Waals surface area contributed by atoms with Gasteiger partial charge in [-0.2, -0.15) is 0 Å². The first-order valence-electron chi connectivity index (χ1n) is 5.36. The standard InChI is InChI=1S/C11H18N2S/c1-3-4-11(7-12-8-11)5-10-6-14-9(2)13-10/h6,12H,3-5,7-8H2,1-2H3. The topological polar surface area (TPSA) is 24.9 Å². The van der Waals surface area contributed by atoms with Gasteiger partial charge < -0.3 is 5.32 Å². The lowest BCUT2D eigenvalue weighted by Gasteiger charge is -2.42. The van der Waals surface area contributed by atoms with Crippen molar-refractivity contribution in [2.45, 2.75) is 33.1 Å². The maximum absolute atomic E-state index is 4.55. The van der Waals surface area contributed by atoms with Crippen LogP contribution in [0.4, 0.5) is 0 Å². The van der Waals surface area contributed by atoms with Crippen molar-refractivity contribution in [3.05, 3.63) is 16.1 Å². The Bertz CT molecular complexity index is 302. The van der Waals surface area contributed by atoms with Gasteiger partial charge in [0.2, 0.25) is 0 Å². The molecule has 1 fully saturated rings. The highest BCUT2D eigenvalue weighted by molar-refractivity contribution is 7.09. The van der Waals surface area contributed by atoms with Crippen LogP contribution >= 0.6 is 11.3 Å². The smallest absolute Gasteiger partial charge is 0.0897 e. The van der Waals surface area contributed by atoms with Crippen LogP contribution in [0.5, 0.6) is 0 Å². The van der Waals surface area contributed by atoms with Crippen LogP contribution in [0.1, 0.15) is 30.5 Å². The number of thiazole rings is 1. The molecule has 0 unspecified atom stereocenters. The van der Waals surface area contributed by atoms with Crippen molar-refractivity contribution in [1.29, 1.82) is 0 Å². The molecular formula is C11H18N2S. The number of hydrogen-bond donors (Lipinski definition) is 1. The number of hydrogen-bond acceptors (Lipinski definition) is 3. The number of rotatable bonds is 4. The predicted molar refractivity (Wildman–Crippen MR) is 60.8 cm³/mol. The summed E-state index contributed by atoms with van der Waals surface area (Å²) in [5.74, 6) is 0. The van der Waals surface area contributed by atoms with Gasteiger partial charge >= 0.3 is 0 Å². The van der Waals surface area contributed by atoms with E-state index < -0.39 is 0 Å². The molecule has 1 saturated heterocycles. The third kappa shape index (κ3) is 1.98. The fraction of sp³-hybridized carbons (Fsp3) is 0.727. The van der Waals surface area contributed by atoms with Gasteiger partial charge in [0.15, 0.2) is 0 Å². The monoisotopic (exact) mass is 210 g/mol. The maximum atomic E-state index is 4.55. The van der Waals surface area contributed by atoms with Gasteiger partial charge in [0.05, 0.1) is 10.7 Å². The first-order chi connectivity index (χ1) is 6.74. The molecule has 78 valence electrons. The minimum Gasteiger partial charge on any atom is -0.316 e. The van der Waals surface area contributed by atoms with Crippen molar-refractivity contribution in [2.75, 3.05) is 13.1 Å². The average Bonchev–Trinajstić information content (AvgIpc) is 2.48. The summed E-state index contributed by atoms with van der Waals surface area (Å²) >= 11 is 1.77. The van der Waals surface area contributed by atoms with Gasteiger partial charge in [0, 0.05) is 23.9 Å². The molecule has 0 spiro atoms. The fourth-order valence-corrected chi connectivity index (χ4v) is 2.89. The van der Waals surface area contributed by atoms with E-state index in [2.05, 4.69) is 29.5 Å². The summed E-state index contributed by atoms with van der Waals surface area (Å²) in [6.07, 6.45) is 3.78. The van der Waals surface area contributed by atoms with Crippen molar-refractivity contribution >= 4 is 11.3 Å². The number of aromatic nitrogens is 1. The van der Waals surface area contributed by atoms with E-state index in [4.69, 9.17) is 0 Å². The third-order valence-electron chi connectivity index (χ3n) is 3.00. The second-order valence-corrected chi connectivity index (χ2v) is 5.45. The molecule has 14 heavy (non-hydrogen) atoms. The molecule has 1 aliphatic heterocycles. The quantitative estimate of drug-likeness (QED) is 0.825. The summed E-state index contributed by atoms with van der Waals surface area (Å²) in [5.41, 5.74) is 1.82. The van der Waals surface area contributed by atoms with Gasteiger partial charge in [-0.25, -0.2) is 4.98 Å². The lowest BCUT2D eigenvalue weighted by Crippen LogP contribution is -2.54. The minimum atomic E-state index is 0.523. The number of nitrogens with zero attached hydrogens (tertiary/aromatic N) is 1. The van der Waals surface area contributed by atoms with Crippen LogP contribution in [0, 0.1) is 12.3 Å². The Kier molecular flexibility index (Phi) is 2.88. The maximum Gasteiger partial charge on any atom is 0.0897 e. The molecular weight excluding hydrogens is 192 g/mol. The lowest BCUT2D eigenvalue weighted by atomic mass is 9.74. The van der Waals surface area contributed by atoms with Gasteiger partial charge in [-0.1, -0.05) is 13.3 Å².